The van der Waals surface area contributed by atoms with E-state index in [4.69, 9.17) is 4.74 Å². The Morgan fingerprint density at radius 1 is 1.38 bits per heavy atom. The van der Waals surface area contributed by atoms with Crippen LogP contribution in [0.15, 0.2) is 24.3 Å². The zero-order chi connectivity index (χ0) is 11.4. The summed E-state index contributed by atoms with van der Waals surface area (Å²) in [5, 5.41) is 3.51. The summed E-state index contributed by atoms with van der Waals surface area (Å²) in [7, 11) is 0. The largest absolute Gasteiger partial charge is 0.378 e. The fourth-order valence-corrected chi connectivity index (χ4v) is 2.41. The lowest BCUT2D eigenvalue weighted by Gasteiger charge is -2.14. The molecule has 0 radical (unpaired) electrons. The number of benzene rings is 1. The van der Waals surface area contributed by atoms with Gasteiger partial charge in [0.1, 0.15) is 0 Å². The van der Waals surface area contributed by atoms with Crippen molar-refractivity contribution in [1.29, 1.82) is 0 Å². The Morgan fingerprint density at radius 3 is 2.75 bits per heavy atom. The van der Waals surface area contributed by atoms with Crippen molar-refractivity contribution in [3.05, 3.63) is 33.4 Å². The molecule has 1 heterocycles. The molecule has 1 aliphatic heterocycles. The Hall–Kier alpha value is -0.130. The second-order valence-electron chi connectivity index (χ2n) is 4.38. The number of hydrogen-bond acceptors (Lipinski definition) is 2. The molecule has 2 nitrogen and oxygen atoms in total. The van der Waals surface area contributed by atoms with Crippen LogP contribution in [0.5, 0.6) is 0 Å². The fourth-order valence-electron chi connectivity index (χ4n) is 2.05. The molecule has 0 aliphatic carbocycles. The standard InChI is InChI=1S/C13H18INO/c1-10-12(6-7-16-10)9-15-8-11-2-4-13(14)5-3-11/h2-5,10,12,15H,6-9H2,1H3. The Morgan fingerprint density at radius 2 is 2.12 bits per heavy atom. The lowest BCUT2D eigenvalue weighted by atomic mass is 10.0. The molecule has 88 valence electrons. The fraction of sp³-hybridized carbons (Fsp3) is 0.538. The van der Waals surface area contributed by atoms with Crippen molar-refractivity contribution >= 4 is 22.6 Å². The highest BCUT2D eigenvalue weighted by Gasteiger charge is 2.23. The van der Waals surface area contributed by atoms with Crippen LogP contribution in [0.4, 0.5) is 0 Å². The van der Waals surface area contributed by atoms with Gasteiger partial charge in [0.05, 0.1) is 6.10 Å². The lowest BCUT2D eigenvalue weighted by molar-refractivity contribution is 0.105. The molecule has 1 aromatic rings. The minimum Gasteiger partial charge on any atom is -0.378 e. The van der Waals surface area contributed by atoms with E-state index >= 15 is 0 Å². The van der Waals surface area contributed by atoms with Gasteiger partial charge in [0, 0.05) is 23.3 Å². The van der Waals surface area contributed by atoms with Crippen LogP contribution in [0.25, 0.3) is 0 Å². The SMILES string of the molecule is CC1OCCC1CNCc1ccc(I)cc1. The van der Waals surface area contributed by atoms with Gasteiger partial charge in [-0.25, -0.2) is 0 Å². The first-order chi connectivity index (χ1) is 7.75. The smallest absolute Gasteiger partial charge is 0.0588 e. The number of hydrogen-bond donors (Lipinski definition) is 1. The zero-order valence-electron chi connectivity index (χ0n) is 9.58. The van der Waals surface area contributed by atoms with E-state index in [0.717, 1.165) is 19.7 Å². The molecule has 2 atom stereocenters. The van der Waals surface area contributed by atoms with Crippen LogP contribution in [-0.2, 0) is 11.3 Å². The molecular formula is C13H18INO. The molecular weight excluding hydrogens is 313 g/mol. The molecule has 0 bridgehead atoms. The van der Waals surface area contributed by atoms with Crippen molar-refractivity contribution in [3.8, 4) is 0 Å². The molecule has 3 heteroatoms. The van der Waals surface area contributed by atoms with Crippen LogP contribution in [0.3, 0.4) is 0 Å². The van der Waals surface area contributed by atoms with Gasteiger partial charge >= 0.3 is 0 Å². The van der Waals surface area contributed by atoms with E-state index in [2.05, 4.69) is 59.1 Å². The van der Waals surface area contributed by atoms with Gasteiger partial charge in [0.15, 0.2) is 0 Å². The summed E-state index contributed by atoms with van der Waals surface area (Å²) >= 11 is 2.33. The highest BCUT2D eigenvalue weighted by atomic mass is 127. The molecule has 1 fully saturated rings. The summed E-state index contributed by atoms with van der Waals surface area (Å²) in [6, 6.07) is 8.67. The van der Waals surface area contributed by atoms with Gasteiger partial charge in [-0.1, -0.05) is 12.1 Å². The van der Waals surface area contributed by atoms with Crippen molar-refractivity contribution in [3.63, 3.8) is 0 Å². The first kappa shape index (κ1) is 12.3. The van der Waals surface area contributed by atoms with Gasteiger partial charge in [-0.3, -0.25) is 0 Å². The first-order valence-corrected chi connectivity index (χ1v) is 6.90. The lowest BCUT2D eigenvalue weighted by Crippen LogP contribution is -2.26. The van der Waals surface area contributed by atoms with Gasteiger partial charge < -0.3 is 10.1 Å². The maximum absolute atomic E-state index is 5.54. The van der Waals surface area contributed by atoms with E-state index in [9.17, 15) is 0 Å². The average molecular weight is 331 g/mol. The predicted octanol–water partition coefficient (Wildman–Crippen LogP) is 2.81. The van der Waals surface area contributed by atoms with Gasteiger partial charge in [-0.2, -0.15) is 0 Å². The highest BCUT2D eigenvalue weighted by Crippen LogP contribution is 2.19. The van der Waals surface area contributed by atoms with Crippen LogP contribution in [0.2, 0.25) is 0 Å². The maximum atomic E-state index is 5.54. The highest BCUT2D eigenvalue weighted by molar-refractivity contribution is 14.1. The second kappa shape index (κ2) is 5.98. The third kappa shape index (κ3) is 3.43. The summed E-state index contributed by atoms with van der Waals surface area (Å²) in [5.41, 5.74) is 1.35. The molecule has 1 N–H and O–H groups in total. The molecule has 0 amide bonds. The third-order valence-electron chi connectivity index (χ3n) is 3.18. The maximum Gasteiger partial charge on any atom is 0.0588 e. The number of rotatable bonds is 4. The molecule has 2 rings (SSSR count). The van der Waals surface area contributed by atoms with E-state index in [1.54, 1.807) is 0 Å². The minimum absolute atomic E-state index is 0.421. The number of ether oxygens (including phenoxy) is 1. The molecule has 1 aliphatic rings. The average Bonchev–Trinajstić information content (AvgIpc) is 2.68. The zero-order valence-corrected chi connectivity index (χ0v) is 11.7. The first-order valence-electron chi connectivity index (χ1n) is 5.82. The topological polar surface area (TPSA) is 21.3 Å². The second-order valence-corrected chi connectivity index (χ2v) is 5.63. The minimum atomic E-state index is 0.421. The Balaban J connectivity index is 1.73. The predicted molar refractivity (Wildman–Crippen MR) is 74.4 cm³/mol. The van der Waals surface area contributed by atoms with E-state index in [-0.39, 0.29) is 0 Å². The van der Waals surface area contributed by atoms with Crippen molar-refractivity contribution in [2.24, 2.45) is 5.92 Å². The summed E-state index contributed by atoms with van der Waals surface area (Å²) in [4.78, 5) is 0. The summed E-state index contributed by atoms with van der Waals surface area (Å²) in [6.07, 6.45) is 1.62. The quantitative estimate of drug-likeness (QED) is 0.857. The third-order valence-corrected chi connectivity index (χ3v) is 3.90. The van der Waals surface area contributed by atoms with Gasteiger partial charge in [0.25, 0.3) is 0 Å². The van der Waals surface area contributed by atoms with E-state index < -0.39 is 0 Å². The summed E-state index contributed by atoms with van der Waals surface area (Å²) < 4.78 is 6.83. The van der Waals surface area contributed by atoms with Crippen molar-refractivity contribution < 1.29 is 4.74 Å². The molecule has 0 saturated carbocycles. The number of halogens is 1. The van der Waals surface area contributed by atoms with Crippen LogP contribution < -0.4 is 5.32 Å². The van der Waals surface area contributed by atoms with Gasteiger partial charge in [-0.15, -0.1) is 0 Å². The van der Waals surface area contributed by atoms with Gasteiger partial charge in [-0.05, 0) is 59.5 Å². The summed E-state index contributed by atoms with van der Waals surface area (Å²) in [6.45, 7) is 5.12. The molecule has 16 heavy (non-hydrogen) atoms. The molecule has 2 unspecified atom stereocenters. The van der Waals surface area contributed by atoms with E-state index in [1.807, 2.05) is 0 Å². The summed E-state index contributed by atoms with van der Waals surface area (Å²) in [5.74, 6) is 0.684. The molecule has 1 aromatic carbocycles. The van der Waals surface area contributed by atoms with Crippen LogP contribution >= 0.6 is 22.6 Å². The van der Waals surface area contributed by atoms with Crippen molar-refractivity contribution in [2.45, 2.75) is 26.0 Å². The van der Waals surface area contributed by atoms with Crippen LogP contribution in [0, 0.1) is 9.49 Å². The number of nitrogens with one attached hydrogen (secondary N) is 1. The monoisotopic (exact) mass is 331 g/mol. The Labute approximate surface area is 111 Å². The molecule has 0 aromatic heterocycles. The Bertz CT molecular complexity index is 325. The van der Waals surface area contributed by atoms with Gasteiger partial charge in [0.2, 0.25) is 0 Å². The van der Waals surface area contributed by atoms with Crippen LogP contribution in [0.1, 0.15) is 18.9 Å². The molecule has 0 spiro atoms. The normalized spacial score (nSPS) is 24.9. The Kier molecular flexibility index (Phi) is 4.61. The van der Waals surface area contributed by atoms with E-state index in [1.165, 1.54) is 15.6 Å². The van der Waals surface area contributed by atoms with Crippen molar-refractivity contribution in [2.75, 3.05) is 13.2 Å². The van der Waals surface area contributed by atoms with Crippen molar-refractivity contribution in [1.82, 2.24) is 5.32 Å². The van der Waals surface area contributed by atoms with Crippen LogP contribution in [-0.4, -0.2) is 19.3 Å². The van der Waals surface area contributed by atoms with E-state index in [0.29, 0.717) is 12.0 Å². The molecule has 1 saturated heterocycles.